The summed E-state index contributed by atoms with van der Waals surface area (Å²) in [5.74, 6) is -6.72. The lowest BCUT2D eigenvalue weighted by Gasteiger charge is -2.32. The Kier molecular flexibility index (Phi) is 26.0. The molecule has 0 saturated carbocycles. The van der Waals surface area contributed by atoms with Crippen LogP contribution < -0.4 is 48.3 Å². The van der Waals surface area contributed by atoms with Gasteiger partial charge in [0.2, 0.25) is 47.3 Å². The van der Waals surface area contributed by atoms with Crippen LogP contribution >= 0.6 is 11.8 Å². The number of rotatable bonds is 21. The monoisotopic (exact) mass is 1180 g/mol. The van der Waals surface area contributed by atoms with Crippen molar-refractivity contribution in [2.75, 3.05) is 58.0 Å². The zero-order chi connectivity index (χ0) is 59.5. The third kappa shape index (κ3) is 18.5. The fraction of sp³-hybridized carbons (Fsp3) is 0.660. The van der Waals surface area contributed by atoms with Crippen molar-refractivity contribution in [3.63, 3.8) is 0 Å². The molecule has 11 atom stereocenters. The lowest BCUT2D eigenvalue weighted by atomic mass is 9.85. The number of ether oxygens (including phenoxy) is 1. The van der Waals surface area contributed by atoms with E-state index in [1.54, 1.807) is 26.0 Å². The van der Waals surface area contributed by atoms with E-state index in [0.29, 0.717) is 79.0 Å². The van der Waals surface area contributed by atoms with Gasteiger partial charge in [0.05, 0.1) is 80.2 Å². The Bertz CT molecular complexity index is 2620. The summed E-state index contributed by atoms with van der Waals surface area (Å²) >= 11 is 1.53. The minimum atomic E-state index is -2.38. The highest BCUT2D eigenvalue weighted by Crippen LogP contribution is 2.37. The number of aromatic nitrogens is 1. The Morgan fingerprint density at radius 3 is 2.36 bits per heavy atom. The van der Waals surface area contributed by atoms with E-state index in [-0.39, 0.29) is 22.9 Å². The number of nitrogens with one attached hydrogen (secondary N) is 7. The van der Waals surface area contributed by atoms with Crippen LogP contribution in [0.5, 0.6) is 5.75 Å². The van der Waals surface area contributed by atoms with E-state index in [2.05, 4.69) is 41.7 Å². The molecule has 14 N–H and O–H groups in total. The van der Waals surface area contributed by atoms with Gasteiger partial charge in [0.1, 0.15) is 28.9 Å². The number of aliphatic hydroxyl groups is 3. The van der Waals surface area contributed by atoms with Crippen LogP contribution in [0.25, 0.3) is 10.9 Å². The largest absolute Gasteiger partial charge is 0.496 e. The van der Waals surface area contributed by atoms with E-state index in [1.165, 1.54) is 25.8 Å². The molecule has 3 aliphatic heterocycles. The van der Waals surface area contributed by atoms with Crippen LogP contribution in [-0.4, -0.2) is 183 Å². The number of nitrogens with zero attached hydrogens (tertiary/aromatic N) is 1. The number of hydrogen-bond acceptors (Lipinski definition) is 18. The maximum atomic E-state index is 15.3. The highest BCUT2D eigenvalue weighted by Gasteiger charge is 2.45. The molecule has 0 spiro atoms. The van der Waals surface area contributed by atoms with E-state index in [1.807, 2.05) is 0 Å². The molecule has 2 bridgehead atoms. The van der Waals surface area contributed by atoms with Crippen LogP contribution in [-0.2, 0) is 75.8 Å². The van der Waals surface area contributed by atoms with Gasteiger partial charge in [-0.2, -0.15) is 11.8 Å². The predicted molar refractivity (Wildman–Crippen MR) is 297 cm³/mol. The minimum absolute atomic E-state index is 0.0563. The van der Waals surface area contributed by atoms with Crippen molar-refractivity contribution >= 4 is 92.3 Å². The molecule has 450 valence electrons. The molecule has 5 rings (SSSR count). The number of H-pyrrole nitrogens is 1. The molecule has 8 amide bonds. The molecule has 1 saturated heterocycles. The molecule has 1 unspecified atom stereocenters. The van der Waals surface area contributed by atoms with Gasteiger partial charge in [0.25, 0.3) is 0 Å². The van der Waals surface area contributed by atoms with Crippen molar-refractivity contribution in [2.45, 2.75) is 145 Å². The Morgan fingerprint density at radius 1 is 0.926 bits per heavy atom. The zero-order valence-electron chi connectivity index (χ0n) is 46.3. The van der Waals surface area contributed by atoms with E-state index in [9.17, 15) is 63.3 Å². The summed E-state index contributed by atoms with van der Waals surface area (Å²) in [6.45, 7) is 3.06. The van der Waals surface area contributed by atoms with Gasteiger partial charge in [-0.25, -0.2) is 5.90 Å². The smallest absolute Gasteiger partial charge is 0.246 e. The van der Waals surface area contributed by atoms with E-state index >= 15 is 4.21 Å². The number of Topliss-reactive ketones (excluding diaryl/α,β-unsaturated/α-hetero) is 2. The number of fused-ring (bicyclic) bond motifs is 5. The lowest BCUT2D eigenvalue weighted by molar-refractivity contribution is -0.144. The fourth-order valence-corrected chi connectivity index (χ4v) is 12.6. The number of thioether (sulfide) groups is 1. The van der Waals surface area contributed by atoms with Crippen LogP contribution in [0.4, 0.5) is 0 Å². The number of methoxy groups -OCH3 is 1. The summed E-state index contributed by atoms with van der Waals surface area (Å²) in [7, 11) is -0.926. The summed E-state index contributed by atoms with van der Waals surface area (Å²) in [6.07, 6.45) is -1.22. The standard InChI is InChI=1S/C53H80N10O16S2/c1-5-28(2)34-19-31(65)22-57-48(72)30-17-35-33-12-13-42(78-4)36(26-80-16-10-8-14-56-44(70)11-7-6-9-15-79-55)47(33)62-52(35)81(77)27-38(59-45(71)23-58-49(34)73)50(74)60-37(21-43(54)69)53(76)63-24-32(66)20-39(63)51(75)61-46(40(67)18-30)29(3)41(68)25-64/h12-13,28-30,32,34,37-39,41,46,62,64,66,68H,5-11,14-27,55H2,1-4H3,(H2,54,69)(H,56,70)(H,57,72)(H,58,73)(H,59,71)(H,60,74)(H,61,75)/t28-,29-,30+,32+,34-,37-,38-,39-,41-,46-,81?/m0/s1. The number of hydrogen-bond donors (Lipinski definition) is 12. The first-order chi connectivity index (χ1) is 38.6. The number of nitrogens with two attached hydrogens (primary N) is 2. The molecule has 1 aromatic carbocycles. The van der Waals surface area contributed by atoms with Gasteiger partial charge in [-0.3, -0.25) is 52.2 Å². The lowest BCUT2D eigenvalue weighted by Crippen LogP contribution is -2.60. The number of carbonyl (C=O) groups is 10. The third-order valence-electron chi connectivity index (χ3n) is 15.1. The molecule has 2 aromatic rings. The zero-order valence-corrected chi connectivity index (χ0v) is 48.0. The Labute approximate surface area is 476 Å². The highest BCUT2D eigenvalue weighted by atomic mass is 32.2. The van der Waals surface area contributed by atoms with Gasteiger partial charge in [-0.15, -0.1) is 0 Å². The van der Waals surface area contributed by atoms with Crippen LogP contribution in [0.15, 0.2) is 17.2 Å². The molecule has 3 aliphatic rings. The van der Waals surface area contributed by atoms with E-state index in [0.717, 1.165) is 17.7 Å². The molecule has 1 aromatic heterocycles. The molecular weight excluding hydrogens is 1100 g/mol. The number of primary amides is 1. The molecule has 4 heterocycles. The fourth-order valence-electron chi connectivity index (χ4n) is 10.2. The number of amides is 8. The number of carbonyl (C=O) groups excluding carboxylic acids is 10. The predicted octanol–water partition coefficient (Wildman–Crippen LogP) is -1.86. The molecule has 26 nitrogen and oxygen atoms in total. The number of aromatic amines is 1. The first-order valence-electron chi connectivity index (χ1n) is 27.4. The number of benzene rings is 1. The highest BCUT2D eigenvalue weighted by molar-refractivity contribution is 7.98. The van der Waals surface area contributed by atoms with Crippen molar-refractivity contribution < 1.29 is 77.0 Å². The summed E-state index contributed by atoms with van der Waals surface area (Å²) in [5, 5.41) is 47.8. The van der Waals surface area contributed by atoms with Crippen LogP contribution in [0.1, 0.15) is 103 Å². The topological polar surface area (TPSA) is 410 Å². The van der Waals surface area contributed by atoms with Crippen LogP contribution in [0, 0.1) is 23.7 Å². The number of ketones is 2. The van der Waals surface area contributed by atoms with Crippen molar-refractivity contribution in [3.05, 3.63) is 23.3 Å². The summed E-state index contributed by atoms with van der Waals surface area (Å²) in [5.41, 5.74) is 6.79. The molecule has 81 heavy (non-hydrogen) atoms. The van der Waals surface area contributed by atoms with Crippen LogP contribution in [0.3, 0.4) is 0 Å². The van der Waals surface area contributed by atoms with Gasteiger partial charge >= 0.3 is 0 Å². The molecule has 0 radical (unpaired) electrons. The average molecular weight is 1180 g/mol. The second-order valence-electron chi connectivity index (χ2n) is 21.0. The minimum Gasteiger partial charge on any atom is -0.496 e. The van der Waals surface area contributed by atoms with Gasteiger partial charge in [-0.1, -0.05) is 33.6 Å². The number of aliphatic hydroxyl groups excluding tert-OH is 3. The first-order valence-corrected chi connectivity index (χ1v) is 29.9. The molecular formula is C53H80N10O16S2. The van der Waals surface area contributed by atoms with E-state index in [4.69, 9.17) is 16.4 Å². The van der Waals surface area contributed by atoms with Gasteiger partial charge in [0.15, 0.2) is 11.6 Å². The summed E-state index contributed by atoms with van der Waals surface area (Å²) in [4.78, 5) is 148. The summed E-state index contributed by atoms with van der Waals surface area (Å²) < 4.78 is 21.1. The second-order valence-corrected chi connectivity index (χ2v) is 23.5. The van der Waals surface area contributed by atoms with Gasteiger partial charge in [-0.05, 0) is 61.5 Å². The Hall–Kier alpha value is -6.04. The molecule has 0 aliphatic carbocycles. The molecule has 28 heteroatoms. The first kappa shape index (κ1) is 65.8. The van der Waals surface area contributed by atoms with Crippen molar-refractivity contribution in [3.8, 4) is 5.75 Å². The quantitative estimate of drug-likeness (QED) is 0.0482. The second kappa shape index (κ2) is 32.0. The van der Waals surface area contributed by atoms with Gasteiger partial charge in [0, 0.05) is 73.2 Å². The number of unbranched alkanes of at least 4 members (excludes halogenated alkanes) is 3. The van der Waals surface area contributed by atoms with Crippen LogP contribution in [0.2, 0.25) is 0 Å². The van der Waals surface area contributed by atoms with Gasteiger partial charge < -0.3 is 72.4 Å². The van der Waals surface area contributed by atoms with Crippen molar-refractivity contribution in [1.82, 2.24) is 41.8 Å². The maximum Gasteiger partial charge on any atom is 0.246 e. The third-order valence-corrected chi connectivity index (χ3v) is 17.6. The normalized spacial score (nSPS) is 25.1. The Morgan fingerprint density at radius 2 is 1.67 bits per heavy atom. The SMILES string of the molecule is CC[C@H](C)[C@@H]1CC(=O)CNC(=O)[C@H]2CC(=O)[C@H]([C@@H](C)[C@@H](O)CO)NC(=O)[C@@H]3C[C@@H](O)CN3C(=O)[C@H](CC(N)=O)NC(=O)[C@H](CS(=O)c3[nH]c4c(CSCCCCNC(=O)CCCCCON)c(OC)ccc4c3C2)NC(=O)CNC1=O. The summed E-state index contributed by atoms with van der Waals surface area (Å²) in [6, 6.07) is -3.57. The van der Waals surface area contributed by atoms with Crippen molar-refractivity contribution in [2.24, 2.45) is 35.3 Å². The van der Waals surface area contributed by atoms with Crippen molar-refractivity contribution in [1.29, 1.82) is 0 Å². The maximum absolute atomic E-state index is 15.3. The molecule has 1 fully saturated rings. The average Bonchev–Trinajstić information content (AvgIpc) is 4.08. The van der Waals surface area contributed by atoms with E-state index < -0.39 is 181 Å². The Balaban J connectivity index is 1.66.